The van der Waals surface area contributed by atoms with E-state index in [0.29, 0.717) is 5.56 Å². The van der Waals surface area contributed by atoms with Gasteiger partial charge in [0.15, 0.2) is 0 Å². The van der Waals surface area contributed by atoms with Crippen molar-refractivity contribution in [3.63, 3.8) is 0 Å². The minimum atomic E-state index is -0.651. The van der Waals surface area contributed by atoms with E-state index in [1.54, 1.807) is 6.07 Å². The fourth-order valence-corrected chi connectivity index (χ4v) is 2.34. The molecule has 1 heterocycles. The van der Waals surface area contributed by atoms with Gasteiger partial charge in [-0.05, 0) is 24.1 Å². The highest BCUT2D eigenvalue weighted by Gasteiger charge is 2.26. The summed E-state index contributed by atoms with van der Waals surface area (Å²) in [6.45, 7) is 3.73. The zero-order valence-corrected chi connectivity index (χ0v) is 12.7. The first-order chi connectivity index (χ1) is 9.95. The largest absolute Gasteiger partial charge is 0.467 e. The molecule has 0 radical (unpaired) electrons. The van der Waals surface area contributed by atoms with Crippen molar-refractivity contribution in [1.29, 1.82) is 0 Å². The lowest BCUT2D eigenvalue weighted by molar-refractivity contribution is -0.144. The third kappa shape index (κ3) is 2.91. The number of esters is 1. The summed E-state index contributed by atoms with van der Waals surface area (Å²) in [5.74, 6) is -0.745. The maximum absolute atomic E-state index is 12.5. The first kappa shape index (κ1) is 15.1. The summed E-state index contributed by atoms with van der Waals surface area (Å²) in [5.41, 5.74) is 1.53. The predicted octanol–water partition coefficient (Wildman–Crippen LogP) is 2.11. The highest BCUT2D eigenvalue weighted by atomic mass is 16.5. The van der Waals surface area contributed by atoms with Crippen molar-refractivity contribution >= 4 is 22.8 Å². The molecule has 2 aromatic rings. The van der Waals surface area contributed by atoms with Crippen LogP contribution in [0.5, 0.6) is 0 Å². The number of hydrogen-bond acceptors (Lipinski definition) is 3. The second kappa shape index (κ2) is 5.99. The molecule has 21 heavy (non-hydrogen) atoms. The van der Waals surface area contributed by atoms with Gasteiger partial charge in [-0.2, -0.15) is 0 Å². The number of fused-ring (bicyclic) bond motifs is 1. The smallest absolute Gasteiger partial charge is 0.328 e. The lowest BCUT2D eigenvalue weighted by Gasteiger charge is -2.20. The van der Waals surface area contributed by atoms with Gasteiger partial charge < -0.3 is 14.6 Å². The van der Waals surface area contributed by atoms with E-state index in [0.717, 1.165) is 10.9 Å². The van der Waals surface area contributed by atoms with Crippen molar-refractivity contribution in [2.45, 2.75) is 19.9 Å². The fraction of sp³-hybridized carbons (Fsp3) is 0.375. The van der Waals surface area contributed by atoms with Crippen molar-refractivity contribution in [1.82, 2.24) is 9.88 Å². The van der Waals surface area contributed by atoms with E-state index in [2.05, 4.69) is 5.32 Å². The van der Waals surface area contributed by atoms with Crippen LogP contribution in [0.25, 0.3) is 10.9 Å². The molecule has 1 aromatic heterocycles. The molecule has 0 fully saturated rings. The van der Waals surface area contributed by atoms with Gasteiger partial charge >= 0.3 is 5.97 Å². The minimum absolute atomic E-state index is 0.0450. The highest BCUT2D eigenvalue weighted by Crippen LogP contribution is 2.20. The van der Waals surface area contributed by atoms with Gasteiger partial charge in [0.1, 0.15) is 6.04 Å². The van der Waals surface area contributed by atoms with Crippen LogP contribution in [-0.2, 0) is 16.6 Å². The Morgan fingerprint density at radius 3 is 2.57 bits per heavy atom. The fourth-order valence-electron chi connectivity index (χ4n) is 2.34. The summed E-state index contributed by atoms with van der Waals surface area (Å²) < 4.78 is 6.69. The van der Waals surface area contributed by atoms with Crippen LogP contribution in [0.4, 0.5) is 0 Å². The van der Waals surface area contributed by atoms with Gasteiger partial charge in [-0.1, -0.05) is 19.9 Å². The minimum Gasteiger partial charge on any atom is -0.467 e. The molecule has 112 valence electrons. The predicted molar refractivity (Wildman–Crippen MR) is 81.0 cm³/mol. The molecule has 0 aliphatic carbocycles. The zero-order chi connectivity index (χ0) is 15.6. The van der Waals surface area contributed by atoms with Crippen molar-refractivity contribution in [2.24, 2.45) is 13.0 Å². The number of benzene rings is 1. The third-order valence-electron chi connectivity index (χ3n) is 3.58. The van der Waals surface area contributed by atoms with Gasteiger partial charge in [0.2, 0.25) is 0 Å². The quantitative estimate of drug-likeness (QED) is 0.877. The van der Waals surface area contributed by atoms with Crippen molar-refractivity contribution in [3.05, 3.63) is 36.0 Å². The molecule has 0 spiro atoms. The molecule has 5 heteroatoms. The van der Waals surface area contributed by atoms with E-state index in [1.807, 2.05) is 49.9 Å². The summed E-state index contributed by atoms with van der Waals surface area (Å²) in [7, 11) is 3.25. The van der Waals surface area contributed by atoms with Crippen LogP contribution >= 0.6 is 0 Å². The third-order valence-corrected chi connectivity index (χ3v) is 3.58. The molecule has 0 saturated carbocycles. The normalized spacial score (nSPS) is 12.4. The van der Waals surface area contributed by atoms with E-state index in [-0.39, 0.29) is 11.8 Å². The van der Waals surface area contributed by atoms with Crippen LogP contribution in [-0.4, -0.2) is 29.6 Å². The summed E-state index contributed by atoms with van der Waals surface area (Å²) in [6.07, 6.45) is 1.90. The molecule has 0 aliphatic rings. The average molecular weight is 288 g/mol. The Morgan fingerprint density at radius 2 is 1.95 bits per heavy atom. The lowest BCUT2D eigenvalue weighted by Crippen LogP contribution is -2.45. The van der Waals surface area contributed by atoms with Gasteiger partial charge in [0.05, 0.1) is 7.11 Å². The highest BCUT2D eigenvalue weighted by molar-refractivity contribution is 6.07. The van der Waals surface area contributed by atoms with Crippen LogP contribution in [0.2, 0.25) is 0 Å². The van der Waals surface area contributed by atoms with Gasteiger partial charge in [-0.3, -0.25) is 4.79 Å². The Hall–Kier alpha value is -2.30. The number of rotatable bonds is 4. The van der Waals surface area contributed by atoms with E-state index >= 15 is 0 Å². The molecule has 1 atom stereocenters. The Bertz CT molecular complexity index is 673. The van der Waals surface area contributed by atoms with E-state index in [4.69, 9.17) is 4.74 Å². The summed E-state index contributed by atoms with van der Waals surface area (Å²) in [4.78, 5) is 24.2. The number of amides is 1. The van der Waals surface area contributed by atoms with Crippen molar-refractivity contribution < 1.29 is 14.3 Å². The number of methoxy groups -OCH3 is 1. The monoisotopic (exact) mass is 288 g/mol. The van der Waals surface area contributed by atoms with Gasteiger partial charge in [-0.25, -0.2) is 4.79 Å². The Labute approximate surface area is 123 Å². The van der Waals surface area contributed by atoms with Crippen LogP contribution in [0, 0.1) is 5.92 Å². The molecular formula is C16H20N2O3. The molecule has 0 unspecified atom stereocenters. The number of carbonyl (C=O) groups is 2. The van der Waals surface area contributed by atoms with Crippen LogP contribution in [0.1, 0.15) is 24.2 Å². The lowest BCUT2D eigenvalue weighted by atomic mass is 10.0. The van der Waals surface area contributed by atoms with Gasteiger partial charge in [-0.15, -0.1) is 0 Å². The van der Waals surface area contributed by atoms with E-state index in [9.17, 15) is 9.59 Å². The number of carbonyl (C=O) groups excluding carboxylic acids is 2. The Morgan fingerprint density at radius 1 is 1.24 bits per heavy atom. The average Bonchev–Trinajstić information content (AvgIpc) is 2.85. The molecule has 1 N–H and O–H groups in total. The summed E-state index contributed by atoms with van der Waals surface area (Å²) in [6, 6.07) is 6.78. The molecular weight excluding hydrogens is 268 g/mol. The summed E-state index contributed by atoms with van der Waals surface area (Å²) in [5, 5.41) is 3.63. The number of aromatic nitrogens is 1. The first-order valence-electron chi connectivity index (χ1n) is 6.88. The van der Waals surface area contributed by atoms with Gasteiger partial charge in [0, 0.05) is 29.7 Å². The second-order valence-corrected chi connectivity index (χ2v) is 5.38. The molecule has 1 amide bonds. The molecule has 0 saturated heterocycles. The number of nitrogens with one attached hydrogen (secondary N) is 1. The maximum atomic E-state index is 12.5. The molecule has 2 rings (SSSR count). The Balaban J connectivity index is 2.32. The Kier molecular flexibility index (Phi) is 4.31. The standard InChI is InChI=1S/C16H20N2O3/c1-10(2)14(16(20)21-4)17-15(19)12-6-5-7-13-11(12)8-9-18(13)3/h5-10,14H,1-4H3,(H,17,19)/t14-/m0/s1. The first-order valence-corrected chi connectivity index (χ1v) is 6.88. The molecule has 0 aliphatic heterocycles. The number of hydrogen-bond donors (Lipinski definition) is 1. The van der Waals surface area contributed by atoms with Crippen molar-refractivity contribution in [3.8, 4) is 0 Å². The SMILES string of the molecule is COC(=O)[C@@H](NC(=O)c1cccc2c1ccn2C)C(C)C. The van der Waals surface area contributed by atoms with Crippen LogP contribution < -0.4 is 5.32 Å². The molecule has 0 bridgehead atoms. The number of nitrogens with zero attached hydrogens (tertiary/aromatic N) is 1. The number of ether oxygens (including phenoxy) is 1. The van der Waals surface area contributed by atoms with Crippen molar-refractivity contribution in [2.75, 3.05) is 7.11 Å². The maximum Gasteiger partial charge on any atom is 0.328 e. The van der Waals surface area contributed by atoms with E-state index in [1.165, 1.54) is 7.11 Å². The van der Waals surface area contributed by atoms with Crippen LogP contribution in [0.15, 0.2) is 30.5 Å². The zero-order valence-electron chi connectivity index (χ0n) is 12.7. The molecule has 1 aromatic carbocycles. The second-order valence-electron chi connectivity index (χ2n) is 5.38. The number of aryl methyl sites for hydroxylation is 1. The van der Waals surface area contributed by atoms with Crippen LogP contribution in [0.3, 0.4) is 0 Å². The topological polar surface area (TPSA) is 60.3 Å². The van der Waals surface area contributed by atoms with E-state index < -0.39 is 12.0 Å². The van der Waals surface area contributed by atoms with Gasteiger partial charge in [0.25, 0.3) is 5.91 Å². The molecule has 5 nitrogen and oxygen atoms in total. The summed E-state index contributed by atoms with van der Waals surface area (Å²) >= 11 is 0.